The monoisotopic (exact) mass is 352 g/mol. The van der Waals surface area contributed by atoms with Crippen LogP contribution >= 0.6 is 0 Å². The molecule has 26 heavy (non-hydrogen) atoms. The number of carbonyl (C=O) groups excluding carboxylic acids is 1. The van der Waals surface area contributed by atoms with Crippen LogP contribution in [0.25, 0.3) is 0 Å². The van der Waals surface area contributed by atoms with Gasteiger partial charge in [0.1, 0.15) is 0 Å². The van der Waals surface area contributed by atoms with Gasteiger partial charge in [0.2, 0.25) is 11.9 Å². The van der Waals surface area contributed by atoms with E-state index in [1.165, 1.54) is 12.0 Å². The number of piperidine rings is 1. The number of benzene rings is 1. The van der Waals surface area contributed by atoms with Gasteiger partial charge in [0.15, 0.2) is 0 Å². The third-order valence-corrected chi connectivity index (χ3v) is 5.32. The minimum absolute atomic E-state index is 0.175. The zero-order chi connectivity index (χ0) is 18.5. The Morgan fingerprint density at radius 2 is 1.88 bits per heavy atom. The lowest BCUT2D eigenvalue weighted by molar-refractivity contribution is -0.132. The molecule has 5 heteroatoms. The molecule has 1 amide bonds. The lowest BCUT2D eigenvalue weighted by atomic mass is 9.91. The fourth-order valence-corrected chi connectivity index (χ4v) is 3.83. The number of nitrogens with two attached hydrogens (primary N) is 1. The number of nitrogen functional groups attached to an aromatic ring is 1. The number of carbonyl (C=O) groups is 1. The lowest BCUT2D eigenvalue weighted by Gasteiger charge is -2.33. The van der Waals surface area contributed by atoms with Crippen LogP contribution in [0.3, 0.4) is 0 Å². The maximum atomic E-state index is 12.8. The van der Waals surface area contributed by atoms with Crippen LogP contribution in [0.5, 0.6) is 0 Å². The van der Waals surface area contributed by atoms with Crippen molar-refractivity contribution in [1.82, 2.24) is 14.9 Å². The predicted molar refractivity (Wildman–Crippen MR) is 104 cm³/mol. The SMILES string of the molecule is Cc1nc(N)nc(C)c1CC(=O)N1CCCC(CCc2ccccc2)C1. The third kappa shape index (κ3) is 4.59. The van der Waals surface area contributed by atoms with Crippen molar-refractivity contribution >= 4 is 11.9 Å². The molecule has 138 valence electrons. The van der Waals surface area contributed by atoms with Gasteiger partial charge in [-0.05, 0) is 51.0 Å². The molecule has 1 aliphatic heterocycles. The predicted octanol–water partition coefficient (Wildman–Crippen LogP) is 3.09. The van der Waals surface area contributed by atoms with Gasteiger partial charge >= 0.3 is 0 Å². The molecule has 1 fully saturated rings. The van der Waals surface area contributed by atoms with Crippen LogP contribution in [-0.2, 0) is 17.6 Å². The molecule has 2 N–H and O–H groups in total. The van der Waals surface area contributed by atoms with Crippen molar-refractivity contribution in [3.63, 3.8) is 0 Å². The quantitative estimate of drug-likeness (QED) is 0.897. The van der Waals surface area contributed by atoms with Crippen molar-refractivity contribution in [3.8, 4) is 0 Å². The van der Waals surface area contributed by atoms with Crippen LogP contribution in [0.15, 0.2) is 30.3 Å². The summed E-state index contributed by atoms with van der Waals surface area (Å²) in [6.45, 7) is 5.51. The van der Waals surface area contributed by atoms with Crippen LogP contribution in [0, 0.1) is 19.8 Å². The number of aryl methyl sites for hydroxylation is 3. The van der Waals surface area contributed by atoms with Crippen LogP contribution < -0.4 is 5.73 Å². The third-order valence-electron chi connectivity index (χ3n) is 5.32. The number of hydrogen-bond donors (Lipinski definition) is 1. The van der Waals surface area contributed by atoms with Gasteiger partial charge < -0.3 is 10.6 Å². The van der Waals surface area contributed by atoms with Crippen molar-refractivity contribution in [2.45, 2.75) is 46.0 Å². The van der Waals surface area contributed by atoms with E-state index in [0.717, 1.165) is 49.3 Å². The van der Waals surface area contributed by atoms with Crippen LogP contribution in [0.2, 0.25) is 0 Å². The molecule has 1 aromatic heterocycles. The molecule has 0 bridgehead atoms. The van der Waals surface area contributed by atoms with Crippen molar-refractivity contribution in [2.75, 3.05) is 18.8 Å². The van der Waals surface area contributed by atoms with Crippen LogP contribution in [-0.4, -0.2) is 33.9 Å². The second-order valence-corrected chi connectivity index (χ2v) is 7.28. The van der Waals surface area contributed by atoms with E-state index in [0.29, 0.717) is 12.3 Å². The van der Waals surface area contributed by atoms with E-state index in [9.17, 15) is 4.79 Å². The van der Waals surface area contributed by atoms with E-state index in [-0.39, 0.29) is 11.9 Å². The van der Waals surface area contributed by atoms with Gasteiger partial charge in [-0.15, -0.1) is 0 Å². The summed E-state index contributed by atoms with van der Waals surface area (Å²) >= 11 is 0. The Kier molecular flexibility index (Phi) is 5.86. The summed E-state index contributed by atoms with van der Waals surface area (Å²) in [4.78, 5) is 23.3. The molecule has 3 rings (SSSR count). The normalized spacial score (nSPS) is 17.3. The number of hydrogen-bond acceptors (Lipinski definition) is 4. The van der Waals surface area contributed by atoms with E-state index in [4.69, 9.17) is 5.73 Å². The highest BCUT2D eigenvalue weighted by molar-refractivity contribution is 5.79. The Bertz CT molecular complexity index is 737. The summed E-state index contributed by atoms with van der Waals surface area (Å²) in [7, 11) is 0. The lowest BCUT2D eigenvalue weighted by Crippen LogP contribution is -2.41. The second kappa shape index (κ2) is 8.30. The van der Waals surface area contributed by atoms with Crippen molar-refractivity contribution < 1.29 is 4.79 Å². The minimum atomic E-state index is 0.175. The molecular weight excluding hydrogens is 324 g/mol. The first-order chi connectivity index (χ1) is 12.5. The summed E-state index contributed by atoms with van der Waals surface area (Å²) in [6.07, 6.45) is 4.87. The molecule has 1 aliphatic rings. The number of aromatic nitrogens is 2. The van der Waals surface area contributed by atoms with Gasteiger partial charge in [-0.25, -0.2) is 9.97 Å². The fourth-order valence-electron chi connectivity index (χ4n) is 3.83. The Labute approximate surface area is 155 Å². The van der Waals surface area contributed by atoms with Gasteiger partial charge in [0, 0.05) is 30.0 Å². The van der Waals surface area contributed by atoms with Crippen LogP contribution in [0.4, 0.5) is 5.95 Å². The molecule has 2 aromatic rings. The van der Waals surface area contributed by atoms with Crippen molar-refractivity contribution in [3.05, 3.63) is 52.8 Å². The molecule has 0 saturated carbocycles. The molecule has 1 aromatic carbocycles. The molecule has 5 nitrogen and oxygen atoms in total. The fraction of sp³-hybridized carbons (Fsp3) is 0.476. The Hall–Kier alpha value is -2.43. The van der Waals surface area contributed by atoms with E-state index >= 15 is 0 Å². The number of nitrogens with zero attached hydrogens (tertiary/aromatic N) is 3. The largest absolute Gasteiger partial charge is 0.368 e. The number of amides is 1. The molecule has 0 aliphatic carbocycles. The second-order valence-electron chi connectivity index (χ2n) is 7.28. The summed E-state index contributed by atoms with van der Waals surface area (Å²) in [5.74, 6) is 1.03. The van der Waals surface area contributed by atoms with Gasteiger partial charge in [-0.1, -0.05) is 30.3 Å². The van der Waals surface area contributed by atoms with E-state index in [1.54, 1.807) is 0 Å². The summed E-state index contributed by atoms with van der Waals surface area (Å²) < 4.78 is 0. The molecule has 2 heterocycles. The summed E-state index contributed by atoms with van der Waals surface area (Å²) in [5.41, 5.74) is 9.59. The first-order valence-corrected chi connectivity index (χ1v) is 9.44. The van der Waals surface area contributed by atoms with Crippen molar-refractivity contribution in [1.29, 1.82) is 0 Å². The zero-order valence-corrected chi connectivity index (χ0v) is 15.7. The Morgan fingerprint density at radius 3 is 2.58 bits per heavy atom. The van der Waals surface area contributed by atoms with Crippen LogP contribution in [0.1, 0.15) is 41.8 Å². The Balaban J connectivity index is 1.58. The van der Waals surface area contributed by atoms with Gasteiger partial charge in [-0.2, -0.15) is 0 Å². The van der Waals surface area contributed by atoms with Gasteiger partial charge in [0.05, 0.1) is 6.42 Å². The molecule has 1 atom stereocenters. The van der Waals surface area contributed by atoms with E-state index in [1.807, 2.05) is 18.7 Å². The maximum Gasteiger partial charge on any atom is 0.227 e. The standard InChI is InChI=1S/C21H28N4O/c1-15-19(16(2)24-21(22)23-15)13-20(26)25-12-6-9-18(14-25)11-10-17-7-4-3-5-8-17/h3-5,7-8,18H,6,9-14H2,1-2H3,(H2,22,23,24). The molecule has 0 spiro atoms. The maximum absolute atomic E-state index is 12.8. The molecule has 1 unspecified atom stereocenters. The molecular formula is C21H28N4O. The van der Waals surface area contributed by atoms with Gasteiger partial charge in [0.25, 0.3) is 0 Å². The first kappa shape index (κ1) is 18.4. The average molecular weight is 352 g/mol. The minimum Gasteiger partial charge on any atom is -0.368 e. The smallest absolute Gasteiger partial charge is 0.227 e. The average Bonchev–Trinajstić information content (AvgIpc) is 2.64. The number of likely N-dealkylation sites (tertiary alicyclic amines) is 1. The zero-order valence-electron chi connectivity index (χ0n) is 15.7. The van der Waals surface area contributed by atoms with Crippen molar-refractivity contribution in [2.24, 2.45) is 5.92 Å². The number of anilines is 1. The number of rotatable bonds is 5. The van der Waals surface area contributed by atoms with E-state index in [2.05, 4.69) is 40.3 Å². The highest BCUT2D eigenvalue weighted by atomic mass is 16.2. The molecule has 1 saturated heterocycles. The summed E-state index contributed by atoms with van der Waals surface area (Å²) in [6, 6.07) is 10.6. The first-order valence-electron chi connectivity index (χ1n) is 9.44. The summed E-state index contributed by atoms with van der Waals surface area (Å²) in [5, 5.41) is 0. The Morgan fingerprint density at radius 1 is 1.19 bits per heavy atom. The van der Waals surface area contributed by atoms with Gasteiger partial charge in [-0.3, -0.25) is 4.79 Å². The topological polar surface area (TPSA) is 72.1 Å². The van der Waals surface area contributed by atoms with E-state index < -0.39 is 0 Å². The highest BCUT2D eigenvalue weighted by Gasteiger charge is 2.24. The molecule has 0 radical (unpaired) electrons. The highest BCUT2D eigenvalue weighted by Crippen LogP contribution is 2.23.